The number of nitrogens with zero attached hydrogens (tertiary/aromatic N) is 4. The maximum atomic E-state index is 2.79. The minimum Gasteiger partial charge on any atom is -0.303 e. The van der Waals surface area contributed by atoms with Crippen LogP contribution in [0.5, 0.6) is 0 Å². The molecule has 0 saturated carbocycles. The Hall–Kier alpha value is -0.160. The van der Waals surface area contributed by atoms with Crippen molar-refractivity contribution in [3.8, 4) is 0 Å². The summed E-state index contributed by atoms with van der Waals surface area (Å²) in [4.78, 5) is 10.8. The van der Waals surface area contributed by atoms with E-state index in [0.717, 1.165) is 24.0 Å². The molecule has 3 aliphatic heterocycles. The molecule has 3 fully saturated rings. The van der Waals surface area contributed by atoms with Crippen molar-refractivity contribution in [2.45, 2.75) is 58.7 Å². The molecule has 0 aromatic rings. The van der Waals surface area contributed by atoms with Gasteiger partial charge in [0.1, 0.15) is 0 Å². The van der Waals surface area contributed by atoms with Crippen LogP contribution in [0.25, 0.3) is 0 Å². The molecular formula is C19H38N4. The van der Waals surface area contributed by atoms with Crippen LogP contribution in [-0.2, 0) is 0 Å². The van der Waals surface area contributed by atoms with Gasteiger partial charge in [-0.15, -0.1) is 0 Å². The van der Waals surface area contributed by atoms with Gasteiger partial charge < -0.3 is 4.90 Å². The Bertz CT molecular complexity index is 348. The molecule has 134 valence electrons. The second-order valence-electron chi connectivity index (χ2n) is 8.70. The lowest BCUT2D eigenvalue weighted by molar-refractivity contribution is -0.0219. The van der Waals surface area contributed by atoms with Crippen molar-refractivity contribution in [1.29, 1.82) is 0 Å². The molecular weight excluding hydrogens is 284 g/mol. The van der Waals surface area contributed by atoms with Crippen molar-refractivity contribution in [3.05, 3.63) is 0 Å². The second kappa shape index (κ2) is 7.81. The topological polar surface area (TPSA) is 13.0 Å². The Balaban J connectivity index is 1.35. The molecule has 0 aromatic carbocycles. The molecule has 3 rings (SSSR count). The number of hydrogen-bond acceptors (Lipinski definition) is 4. The number of likely N-dealkylation sites (tertiary alicyclic amines) is 2. The van der Waals surface area contributed by atoms with Gasteiger partial charge in [0.25, 0.3) is 0 Å². The van der Waals surface area contributed by atoms with Crippen LogP contribution in [0.3, 0.4) is 0 Å². The Morgan fingerprint density at radius 3 is 1.74 bits per heavy atom. The lowest BCUT2D eigenvalue weighted by Gasteiger charge is -2.51. The minimum atomic E-state index is 0.726. The fourth-order valence-corrected chi connectivity index (χ4v) is 4.59. The van der Waals surface area contributed by atoms with Crippen molar-refractivity contribution < 1.29 is 0 Å². The summed E-state index contributed by atoms with van der Waals surface area (Å²) in [6.07, 6.45) is 2.77. The van der Waals surface area contributed by atoms with Gasteiger partial charge in [-0.05, 0) is 45.7 Å². The average Bonchev–Trinajstić information content (AvgIpc) is 2.46. The number of rotatable bonds is 5. The van der Waals surface area contributed by atoms with E-state index in [0.29, 0.717) is 0 Å². The Labute approximate surface area is 143 Å². The molecule has 23 heavy (non-hydrogen) atoms. The monoisotopic (exact) mass is 322 g/mol. The number of piperidine rings is 1. The van der Waals surface area contributed by atoms with Gasteiger partial charge in [-0.2, -0.15) is 0 Å². The first kappa shape index (κ1) is 17.7. The van der Waals surface area contributed by atoms with E-state index in [2.05, 4.69) is 47.3 Å². The van der Waals surface area contributed by atoms with Gasteiger partial charge in [0.2, 0.25) is 0 Å². The third-order valence-electron chi connectivity index (χ3n) is 6.18. The van der Waals surface area contributed by atoms with Gasteiger partial charge in [-0.1, -0.05) is 13.8 Å². The van der Waals surface area contributed by atoms with Gasteiger partial charge in [-0.3, -0.25) is 14.7 Å². The van der Waals surface area contributed by atoms with Crippen LogP contribution in [0.1, 0.15) is 40.5 Å². The number of piperazine rings is 1. The largest absolute Gasteiger partial charge is 0.303 e. The van der Waals surface area contributed by atoms with Crippen molar-refractivity contribution in [2.75, 3.05) is 58.9 Å². The summed E-state index contributed by atoms with van der Waals surface area (Å²) in [6, 6.07) is 2.42. The van der Waals surface area contributed by atoms with Crippen molar-refractivity contribution in [1.82, 2.24) is 19.6 Å². The van der Waals surface area contributed by atoms with Crippen LogP contribution in [0.15, 0.2) is 0 Å². The number of hydrogen-bond donors (Lipinski definition) is 0. The van der Waals surface area contributed by atoms with Crippen molar-refractivity contribution in [3.63, 3.8) is 0 Å². The van der Waals surface area contributed by atoms with E-state index < -0.39 is 0 Å². The predicted molar refractivity (Wildman–Crippen MR) is 97.9 cm³/mol. The van der Waals surface area contributed by atoms with Crippen LogP contribution >= 0.6 is 0 Å². The molecule has 0 atom stereocenters. The van der Waals surface area contributed by atoms with E-state index in [9.17, 15) is 0 Å². The molecule has 4 nitrogen and oxygen atoms in total. The second-order valence-corrected chi connectivity index (χ2v) is 8.70. The summed E-state index contributed by atoms with van der Waals surface area (Å²) in [5.74, 6) is 0.808. The lowest BCUT2D eigenvalue weighted by Crippen LogP contribution is -2.65. The summed E-state index contributed by atoms with van der Waals surface area (Å²) < 4.78 is 0. The summed E-state index contributed by atoms with van der Waals surface area (Å²) in [7, 11) is 0. The SMILES string of the molecule is CC(C)CN1CCC(N2CCN(C3CN(C(C)C)C3)CC2)CC1. The summed E-state index contributed by atoms with van der Waals surface area (Å²) in [6.45, 7) is 21.0. The van der Waals surface area contributed by atoms with Gasteiger partial charge in [0.05, 0.1) is 0 Å². The predicted octanol–water partition coefficient (Wildman–Crippen LogP) is 1.82. The molecule has 0 bridgehead atoms. The molecule has 4 heteroatoms. The highest BCUT2D eigenvalue weighted by molar-refractivity contribution is 4.92. The van der Waals surface area contributed by atoms with Crippen LogP contribution in [-0.4, -0.2) is 96.6 Å². The normalized spacial score (nSPS) is 27.9. The molecule has 0 aromatic heterocycles. The van der Waals surface area contributed by atoms with E-state index in [-0.39, 0.29) is 0 Å². The van der Waals surface area contributed by atoms with E-state index in [1.165, 1.54) is 71.7 Å². The molecule has 0 aliphatic carbocycles. The summed E-state index contributed by atoms with van der Waals surface area (Å²) in [5, 5.41) is 0. The smallest absolute Gasteiger partial charge is 0.0351 e. The minimum absolute atomic E-state index is 0.726. The highest BCUT2D eigenvalue weighted by atomic mass is 15.4. The van der Waals surface area contributed by atoms with Crippen LogP contribution < -0.4 is 0 Å². The van der Waals surface area contributed by atoms with Crippen LogP contribution in [0.2, 0.25) is 0 Å². The molecule has 0 radical (unpaired) electrons. The van der Waals surface area contributed by atoms with E-state index >= 15 is 0 Å². The van der Waals surface area contributed by atoms with Gasteiger partial charge in [0.15, 0.2) is 0 Å². The quantitative estimate of drug-likeness (QED) is 0.765. The molecule has 0 spiro atoms. The summed E-state index contributed by atoms with van der Waals surface area (Å²) >= 11 is 0. The Morgan fingerprint density at radius 2 is 1.26 bits per heavy atom. The summed E-state index contributed by atoms with van der Waals surface area (Å²) in [5.41, 5.74) is 0. The molecule has 3 aliphatic rings. The third kappa shape index (κ3) is 4.47. The molecule has 3 saturated heterocycles. The average molecular weight is 323 g/mol. The molecule has 3 heterocycles. The highest BCUT2D eigenvalue weighted by Gasteiger charge is 2.35. The van der Waals surface area contributed by atoms with Crippen molar-refractivity contribution >= 4 is 0 Å². The third-order valence-corrected chi connectivity index (χ3v) is 6.18. The first-order valence-electron chi connectivity index (χ1n) is 9.97. The van der Waals surface area contributed by atoms with Crippen LogP contribution in [0, 0.1) is 5.92 Å². The van der Waals surface area contributed by atoms with E-state index in [1.807, 2.05) is 0 Å². The maximum absolute atomic E-state index is 2.79. The van der Waals surface area contributed by atoms with E-state index in [4.69, 9.17) is 0 Å². The first-order chi connectivity index (χ1) is 11.0. The zero-order chi connectivity index (χ0) is 16.4. The fourth-order valence-electron chi connectivity index (χ4n) is 4.59. The zero-order valence-corrected chi connectivity index (χ0v) is 15.9. The molecule has 0 N–H and O–H groups in total. The molecule has 0 unspecified atom stereocenters. The lowest BCUT2D eigenvalue weighted by atomic mass is 10.00. The molecule has 0 amide bonds. The maximum Gasteiger partial charge on any atom is 0.0351 e. The Kier molecular flexibility index (Phi) is 6.00. The van der Waals surface area contributed by atoms with Gasteiger partial charge >= 0.3 is 0 Å². The van der Waals surface area contributed by atoms with Crippen LogP contribution in [0.4, 0.5) is 0 Å². The van der Waals surface area contributed by atoms with Gasteiger partial charge in [-0.25, -0.2) is 0 Å². The fraction of sp³-hybridized carbons (Fsp3) is 1.00. The van der Waals surface area contributed by atoms with Gasteiger partial charge in [0, 0.05) is 63.9 Å². The first-order valence-corrected chi connectivity index (χ1v) is 9.97. The zero-order valence-electron chi connectivity index (χ0n) is 15.9. The Morgan fingerprint density at radius 1 is 0.739 bits per heavy atom. The van der Waals surface area contributed by atoms with E-state index in [1.54, 1.807) is 0 Å². The van der Waals surface area contributed by atoms with Crippen molar-refractivity contribution in [2.24, 2.45) is 5.92 Å². The highest BCUT2D eigenvalue weighted by Crippen LogP contribution is 2.22. The standard InChI is InChI=1S/C19H38N4/c1-16(2)13-20-7-5-18(6-8-20)21-9-11-22(12-10-21)19-14-23(15-19)17(3)4/h16-19H,5-15H2,1-4H3.